The highest BCUT2D eigenvalue weighted by molar-refractivity contribution is 6.21. The van der Waals surface area contributed by atoms with Crippen molar-refractivity contribution in [2.45, 2.75) is 20.3 Å². The van der Waals surface area contributed by atoms with Crippen molar-refractivity contribution in [2.24, 2.45) is 5.92 Å². The van der Waals surface area contributed by atoms with Gasteiger partial charge in [0, 0.05) is 12.1 Å². The number of carbonyl (C=O) groups excluding carboxylic acids is 2. The van der Waals surface area contributed by atoms with Crippen molar-refractivity contribution >= 4 is 22.7 Å². The molecule has 2 amide bonds. The quantitative estimate of drug-likeness (QED) is 0.723. The Bertz CT molecular complexity index is 1130. The van der Waals surface area contributed by atoms with Crippen LogP contribution in [0.1, 0.15) is 41.0 Å². The number of nitrogens with zero attached hydrogens (tertiary/aromatic N) is 2. The van der Waals surface area contributed by atoms with Crippen LogP contribution in [0.25, 0.3) is 22.3 Å². The van der Waals surface area contributed by atoms with E-state index in [2.05, 4.69) is 23.8 Å². The number of fused-ring (bicyclic) bond motifs is 2. The maximum atomic E-state index is 12.7. The molecule has 3 aromatic rings. The summed E-state index contributed by atoms with van der Waals surface area (Å²) in [6.45, 7) is 4.51. The van der Waals surface area contributed by atoms with E-state index < -0.39 is 0 Å². The molecular weight excluding hydrogens is 342 g/mol. The number of carbonyl (C=O) groups is 2. The molecule has 136 valence electrons. The minimum absolute atomic E-state index is 0.239. The molecule has 0 saturated carbocycles. The fraction of sp³-hybridized carbons (Fsp3) is 0.238. The van der Waals surface area contributed by atoms with Crippen molar-refractivity contribution < 1.29 is 9.59 Å². The SMILES string of the molecule is CC(C)CCN1C(=O)c2ccc(-c3nc4ccccc4c(=O)[nH]3)cc2C1=O. The zero-order valence-electron chi connectivity index (χ0n) is 15.2. The first-order valence-corrected chi connectivity index (χ1v) is 8.95. The number of aromatic amines is 1. The molecule has 1 aliphatic rings. The summed E-state index contributed by atoms with van der Waals surface area (Å²) in [5, 5.41) is 0.508. The van der Waals surface area contributed by atoms with E-state index in [1.54, 1.807) is 36.4 Å². The van der Waals surface area contributed by atoms with Crippen molar-refractivity contribution in [1.82, 2.24) is 14.9 Å². The van der Waals surface area contributed by atoms with Crippen LogP contribution >= 0.6 is 0 Å². The summed E-state index contributed by atoms with van der Waals surface area (Å²) in [5.74, 6) is 0.224. The van der Waals surface area contributed by atoms with Crippen LogP contribution < -0.4 is 5.56 Å². The van der Waals surface area contributed by atoms with E-state index in [1.165, 1.54) is 4.90 Å². The van der Waals surface area contributed by atoms with Crippen LogP contribution in [0.4, 0.5) is 0 Å². The molecule has 1 N–H and O–H groups in total. The van der Waals surface area contributed by atoms with E-state index in [0.29, 0.717) is 45.9 Å². The highest BCUT2D eigenvalue weighted by atomic mass is 16.2. The number of imide groups is 1. The second kappa shape index (κ2) is 6.46. The maximum absolute atomic E-state index is 12.7. The lowest BCUT2D eigenvalue weighted by Gasteiger charge is -2.14. The van der Waals surface area contributed by atoms with E-state index in [1.807, 2.05) is 6.07 Å². The van der Waals surface area contributed by atoms with Gasteiger partial charge in [0.25, 0.3) is 17.4 Å². The van der Waals surface area contributed by atoms with Crippen molar-refractivity contribution in [3.63, 3.8) is 0 Å². The number of amides is 2. The molecule has 0 unspecified atom stereocenters. The summed E-state index contributed by atoms with van der Waals surface area (Å²) < 4.78 is 0. The van der Waals surface area contributed by atoms with Crippen molar-refractivity contribution in [3.8, 4) is 11.4 Å². The van der Waals surface area contributed by atoms with E-state index in [-0.39, 0.29) is 17.4 Å². The monoisotopic (exact) mass is 361 g/mol. The normalized spacial score (nSPS) is 13.7. The zero-order chi connectivity index (χ0) is 19.1. The fourth-order valence-corrected chi connectivity index (χ4v) is 3.25. The van der Waals surface area contributed by atoms with Gasteiger partial charge in [-0.25, -0.2) is 4.98 Å². The van der Waals surface area contributed by atoms with Gasteiger partial charge in [0.15, 0.2) is 0 Å². The van der Waals surface area contributed by atoms with Gasteiger partial charge in [0.05, 0.1) is 22.0 Å². The topological polar surface area (TPSA) is 83.1 Å². The first kappa shape index (κ1) is 17.1. The molecule has 0 spiro atoms. The van der Waals surface area contributed by atoms with Gasteiger partial charge in [-0.3, -0.25) is 19.3 Å². The molecule has 0 bridgehead atoms. The van der Waals surface area contributed by atoms with Gasteiger partial charge in [-0.1, -0.05) is 32.0 Å². The van der Waals surface area contributed by atoms with Crippen LogP contribution in [-0.2, 0) is 0 Å². The number of nitrogens with one attached hydrogen (secondary N) is 1. The van der Waals surface area contributed by atoms with Crippen LogP contribution in [0.15, 0.2) is 47.3 Å². The van der Waals surface area contributed by atoms with Crippen LogP contribution in [0.3, 0.4) is 0 Å². The van der Waals surface area contributed by atoms with Crippen molar-refractivity contribution in [2.75, 3.05) is 6.54 Å². The molecule has 6 heteroatoms. The minimum atomic E-state index is -0.291. The first-order valence-electron chi connectivity index (χ1n) is 8.95. The average molecular weight is 361 g/mol. The predicted molar refractivity (Wildman–Crippen MR) is 103 cm³/mol. The highest BCUT2D eigenvalue weighted by Gasteiger charge is 2.35. The molecule has 0 fully saturated rings. The Morgan fingerprint density at radius 1 is 1.00 bits per heavy atom. The van der Waals surface area contributed by atoms with Gasteiger partial charge in [0.2, 0.25) is 0 Å². The van der Waals surface area contributed by atoms with Gasteiger partial charge >= 0.3 is 0 Å². The lowest BCUT2D eigenvalue weighted by molar-refractivity contribution is 0.0648. The molecular formula is C21H19N3O3. The molecule has 0 atom stereocenters. The third kappa shape index (κ3) is 2.93. The lowest BCUT2D eigenvalue weighted by atomic mass is 10.1. The Morgan fingerprint density at radius 3 is 2.52 bits per heavy atom. The Balaban J connectivity index is 1.74. The van der Waals surface area contributed by atoms with E-state index >= 15 is 0 Å². The van der Waals surface area contributed by atoms with Crippen molar-refractivity contribution in [3.05, 3.63) is 63.9 Å². The maximum Gasteiger partial charge on any atom is 0.261 e. The molecule has 6 nitrogen and oxygen atoms in total. The van der Waals surface area contributed by atoms with Crippen LogP contribution in [0, 0.1) is 5.92 Å². The second-order valence-electron chi connectivity index (χ2n) is 7.14. The third-order valence-electron chi connectivity index (χ3n) is 4.79. The lowest BCUT2D eigenvalue weighted by Crippen LogP contribution is -2.31. The van der Waals surface area contributed by atoms with Crippen molar-refractivity contribution in [1.29, 1.82) is 0 Å². The van der Waals surface area contributed by atoms with E-state index in [4.69, 9.17) is 0 Å². The number of H-pyrrole nitrogens is 1. The minimum Gasteiger partial charge on any atom is -0.306 e. The smallest absolute Gasteiger partial charge is 0.261 e. The number of benzene rings is 2. The Kier molecular flexibility index (Phi) is 4.11. The molecule has 0 saturated heterocycles. The van der Waals surface area contributed by atoms with Gasteiger partial charge in [0.1, 0.15) is 5.82 Å². The second-order valence-corrected chi connectivity index (χ2v) is 7.14. The third-order valence-corrected chi connectivity index (χ3v) is 4.79. The Morgan fingerprint density at radius 2 is 1.74 bits per heavy atom. The predicted octanol–water partition coefficient (Wildman–Crippen LogP) is 3.23. The number of aromatic nitrogens is 2. The van der Waals surface area contributed by atoms with Crippen LogP contribution in [0.5, 0.6) is 0 Å². The fourth-order valence-electron chi connectivity index (χ4n) is 3.25. The van der Waals surface area contributed by atoms with Gasteiger partial charge < -0.3 is 4.98 Å². The van der Waals surface area contributed by atoms with Gasteiger partial charge in [-0.05, 0) is 36.6 Å². The van der Waals surface area contributed by atoms with Gasteiger partial charge in [-0.2, -0.15) is 0 Å². The molecule has 1 aliphatic heterocycles. The van der Waals surface area contributed by atoms with Gasteiger partial charge in [-0.15, -0.1) is 0 Å². The summed E-state index contributed by atoms with van der Waals surface area (Å²) in [7, 11) is 0. The number of rotatable bonds is 4. The first-order chi connectivity index (χ1) is 13.0. The molecule has 2 aromatic carbocycles. The zero-order valence-corrected chi connectivity index (χ0v) is 15.2. The summed E-state index contributed by atoms with van der Waals surface area (Å²) in [4.78, 5) is 46.1. The standard InChI is InChI=1S/C21H19N3O3/c1-12(2)9-10-24-20(26)14-8-7-13(11-16(14)21(24)27)18-22-17-6-4-3-5-15(17)19(25)23-18/h3-8,11-12H,9-10H2,1-2H3,(H,22,23,25). The summed E-state index contributed by atoms with van der Waals surface area (Å²) in [6, 6.07) is 12.1. The summed E-state index contributed by atoms with van der Waals surface area (Å²) >= 11 is 0. The largest absolute Gasteiger partial charge is 0.306 e. The Labute approximate surface area is 155 Å². The number of hydrogen-bond acceptors (Lipinski definition) is 4. The number of hydrogen-bond donors (Lipinski definition) is 1. The Hall–Kier alpha value is -3.28. The molecule has 1 aromatic heterocycles. The van der Waals surface area contributed by atoms with E-state index in [9.17, 15) is 14.4 Å². The molecule has 0 aliphatic carbocycles. The molecule has 4 rings (SSSR count). The van der Waals surface area contributed by atoms with E-state index in [0.717, 1.165) is 6.42 Å². The van der Waals surface area contributed by atoms with Crippen LogP contribution in [0.2, 0.25) is 0 Å². The highest BCUT2D eigenvalue weighted by Crippen LogP contribution is 2.28. The molecule has 2 heterocycles. The average Bonchev–Trinajstić information content (AvgIpc) is 2.90. The summed E-state index contributed by atoms with van der Waals surface area (Å²) in [6.07, 6.45) is 0.762. The molecule has 27 heavy (non-hydrogen) atoms. The molecule has 0 radical (unpaired) electrons. The summed E-state index contributed by atoms with van der Waals surface area (Å²) in [5.41, 5.74) is 1.70. The number of para-hydroxylation sites is 1. The van der Waals surface area contributed by atoms with Crippen LogP contribution in [-0.4, -0.2) is 33.2 Å².